The van der Waals surface area contributed by atoms with Crippen molar-refractivity contribution in [2.24, 2.45) is 0 Å². The van der Waals surface area contributed by atoms with Gasteiger partial charge in [0.15, 0.2) is 17.1 Å². The van der Waals surface area contributed by atoms with Crippen LogP contribution in [-0.4, -0.2) is 46.8 Å². The van der Waals surface area contributed by atoms with E-state index in [0.717, 1.165) is 12.3 Å². The Labute approximate surface area is 146 Å². The van der Waals surface area contributed by atoms with Gasteiger partial charge < -0.3 is 34.3 Å². The number of fused-ring (bicyclic) bond motifs is 3. The summed E-state index contributed by atoms with van der Waals surface area (Å²) in [4.78, 5) is 23.3. The molecule has 4 rings (SSSR count). The molecule has 0 saturated carbocycles. The van der Waals surface area contributed by atoms with Crippen LogP contribution in [0.15, 0.2) is 35.8 Å². The third kappa shape index (κ3) is 2.07. The molecule has 3 atom stereocenters. The van der Waals surface area contributed by atoms with E-state index in [4.69, 9.17) is 18.9 Å². The van der Waals surface area contributed by atoms with Crippen molar-refractivity contribution in [1.29, 1.82) is 0 Å². The van der Waals surface area contributed by atoms with Gasteiger partial charge in [0, 0.05) is 18.1 Å². The number of ether oxygens (including phenoxy) is 4. The first-order valence-corrected chi connectivity index (χ1v) is 7.66. The van der Waals surface area contributed by atoms with E-state index >= 15 is 0 Å². The van der Waals surface area contributed by atoms with E-state index in [1.807, 2.05) is 0 Å². The Morgan fingerprint density at radius 3 is 2.65 bits per heavy atom. The van der Waals surface area contributed by atoms with Gasteiger partial charge in [0.2, 0.25) is 5.76 Å². The Kier molecular flexibility index (Phi) is 3.38. The average Bonchev–Trinajstić information content (AvgIpc) is 3.14. The van der Waals surface area contributed by atoms with Gasteiger partial charge in [-0.2, -0.15) is 0 Å². The van der Waals surface area contributed by atoms with Crippen LogP contribution in [-0.2, 0) is 35.8 Å². The van der Waals surface area contributed by atoms with Gasteiger partial charge >= 0.3 is 11.9 Å². The van der Waals surface area contributed by atoms with Crippen LogP contribution < -0.4 is 4.74 Å². The standard InChI is InChI=1S/C17H14O9/c1-23-10-3-2-7-4-11-17(22,13(7)14(10)19)8(15(20)25-11)6-24-12-5-9(18)16(21)26-12/h2-3,5-6,11-12,18-19,22H,4H2,1H3/b8-6+/t11-,12-,17+/m1/s1. The van der Waals surface area contributed by atoms with Crippen LogP contribution in [0, 0.1) is 0 Å². The largest absolute Gasteiger partial charge is 0.504 e. The second kappa shape index (κ2) is 5.40. The van der Waals surface area contributed by atoms with Crippen LogP contribution in [0.2, 0.25) is 0 Å². The highest BCUT2D eigenvalue weighted by atomic mass is 16.7. The Bertz CT molecular complexity index is 884. The van der Waals surface area contributed by atoms with Crippen LogP contribution in [0.1, 0.15) is 11.1 Å². The molecule has 136 valence electrons. The van der Waals surface area contributed by atoms with Gasteiger partial charge in [-0.05, 0) is 11.6 Å². The summed E-state index contributed by atoms with van der Waals surface area (Å²) < 4.78 is 20.1. The molecule has 2 aliphatic heterocycles. The number of methoxy groups -OCH3 is 1. The molecule has 3 N–H and O–H groups in total. The molecule has 0 spiro atoms. The van der Waals surface area contributed by atoms with Gasteiger partial charge in [0.05, 0.1) is 7.11 Å². The Morgan fingerprint density at radius 2 is 2.00 bits per heavy atom. The maximum absolute atomic E-state index is 12.2. The minimum Gasteiger partial charge on any atom is -0.504 e. The zero-order chi connectivity index (χ0) is 18.6. The number of esters is 2. The number of aliphatic hydroxyl groups excluding tert-OH is 1. The molecule has 1 fully saturated rings. The van der Waals surface area contributed by atoms with Crippen LogP contribution >= 0.6 is 0 Å². The number of phenols is 1. The molecule has 1 aromatic carbocycles. The summed E-state index contributed by atoms with van der Waals surface area (Å²) in [7, 11) is 1.36. The van der Waals surface area contributed by atoms with E-state index in [-0.39, 0.29) is 29.1 Å². The molecule has 9 heteroatoms. The molecule has 0 bridgehead atoms. The topological polar surface area (TPSA) is 132 Å². The Morgan fingerprint density at radius 1 is 1.23 bits per heavy atom. The summed E-state index contributed by atoms with van der Waals surface area (Å²) in [6, 6.07) is 3.21. The highest BCUT2D eigenvalue weighted by Gasteiger charge is 2.60. The number of hydrogen-bond donors (Lipinski definition) is 3. The van der Waals surface area contributed by atoms with E-state index in [1.165, 1.54) is 7.11 Å². The summed E-state index contributed by atoms with van der Waals surface area (Å²) in [5.74, 6) is -2.58. The highest BCUT2D eigenvalue weighted by Crippen LogP contribution is 2.53. The molecule has 0 aromatic heterocycles. The number of aromatic hydroxyl groups is 1. The summed E-state index contributed by atoms with van der Waals surface area (Å²) in [6.45, 7) is 0. The Hall–Kier alpha value is -3.20. The maximum Gasteiger partial charge on any atom is 0.376 e. The molecule has 3 aliphatic rings. The fraction of sp³-hybridized carbons (Fsp3) is 0.294. The molecular formula is C17H14O9. The highest BCUT2D eigenvalue weighted by molar-refractivity contribution is 5.95. The number of carbonyl (C=O) groups excluding carboxylic acids is 2. The Balaban J connectivity index is 1.73. The number of rotatable bonds is 3. The smallest absolute Gasteiger partial charge is 0.376 e. The van der Waals surface area contributed by atoms with Gasteiger partial charge in [-0.3, -0.25) is 0 Å². The predicted molar refractivity (Wildman–Crippen MR) is 81.9 cm³/mol. The van der Waals surface area contributed by atoms with Crippen molar-refractivity contribution in [3.8, 4) is 11.5 Å². The molecule has 1 aromatic rings. The second-order valence-corrected chi connectivity index (χ2v) is 6.01. The fourth-order valence-corrected chi connectivity index (χ4v) is 3.40. The molecule has 0 radical (unpaired) electrons. The maximum atomic E-state index is 12.2. The monoisotopic (exact) mass is 362 g/mol. The van der Waals surface area contributed by atoms with Crippen LogP contribution in [0.4, 0.5) is 0 Å². The second-order valence-electron chi connectivity index (χ2n) is 6.01. The molecule has 1 aliphatic carbocycles. The van der Waals surface area contributed by atoms with E-state index < -0.39 is 35.7 Å². The number of aliphatic hydroxyl groups is 2. The van der Waals surface area contributed by atoms with Gasteiger partial charge in [-0.1, -0.05) is 6.07 Å². The van der Waals surface area contributed by atoms with E-state index in [9.17, 15) is 24.9 Å². The third-order valence-corrected chi connectivity index (χ3v) is 4.63. The van der Waals surface area contributed by atoms with Gasteiger partial charge in [-0.15, -0.1) is 0 Å². The first-order valence-electron chi connectivity index (χ1n) is 7.66. The summed E-state index contributed by atoms with van der Waals surface area (Å²) in [6.07, 6.45) is -0.0719. The van der Waals surface area contributed by atoms with Crippen molar-refractivity contribution in [2.45, 2.75) is 24.4 Å². The lowest BCUT2D eigenvalue weighted by molar-refractivity contribution is -0.154. The first kappa shape index (κ1) is 16.3. The van der Waals surface area contributed by atoms with Crippen molar-refractivity contribution >= 4 is 11.9 Å². The average molecular weight is 362 g/mol. The van der Waals surface area contributed by atoms with Crippen LogP contribution in [0.3, 0.4) is 0 Å². The number of carbonyl (C=O) groups is 2. The van der Waals surface area contributed by atoms with Crippen molar-refractivity contribution in [3.05, 3.63) is 46.9 Å². The normalized spacial score (nSPS) is 30.5. The molecule has 2 heterocycles. The van der Waals surface area contributed by atoms with E-state index in [1.54, 1.807) is 12.1 Å². The van der Waals surface area contributed by atoms with Crippen molar-refractivity contribution < 1.29 is 43.9 Å². The summed E-state index contributed by atoms with van der Waals surface area (Å²) in [5, 5.41) is 30.9. The molecule has 9 nitrogen and oxygen atoms in total. The van der Waals surface area contributed by atoms with Crippen LogP contribution in [0.5, 0.6) is 11.5 Å². The predicted octanol–water partition coefficient (Wildman–Crippen LogP) is 0.295. The number of cyclic esters (lactones) is 1. The lowest BCUT2D eigenvalue weighted by Gasteiger charge is -2.23. The number of phenolic OH excluding ortho intramolecular Hbond substituents is 1. The van der Waals surface area contributed by atoms with Crippen molar-refractivity contribution in [2.75, 3.05) is 7.11 Å². The van der Waals surface area contributed by atoms with Gasteiger partial charge in [-0.25, -0.2) is 9.59 Å². The first-order chi connectivity index (χ1) is 12.4. The quantitative estimate of drug-likeness (QED) is 0.394. The lowest BCUT2D eigenvalue weighted by atomic mass is 9.88. The van der Waals surface area contributed by atoms with E-state index in [0.29, 0.717) is 5.56 Å². The van der Waals surface area contributed by atoms with E-state index in [2.05, 4.69) is 0 Å². The number of benzene rings is 1. The molecule has 1 saturated heterocycles. The fourth-order valence-electron chi connectivity index (χ4n) is 3.40. The van der Waals surface area contributed by atoms with Crippen molar-refractivity contribution in [1.82, 2.24) is 0 Å². The van der Waals surface area contributed by atoms with Crippen molar-refractivity contribution in [3.63, 3.8) is 0 Å². The minimum atomic E-state index is -1.95. The third-order valence-electron chi connectivity index (χ3n) is 4.63. The zero-order valence-electron chi connectivity index (χ0n) is 13.5. The minimum absolute atomic E-state index is 0.101. The lowest BCUT2D eigenvalue weighted by Crippen LogP contribution is -2.33. The molecule has 0 unspecified atom stereocenters. The zero-order valence-corrected chi connectivity index (χ0v) is 13.5. The summed E-state index contributed by atoms with van der Waals surface area (Å²) >= 11 is 0. The summed E-state index contributed by atoms with van der Waals surface area (Å²) in [5.41, 5.74) is -1.51. The number of hydrogen-bond acceptors (Lipinski definition) is 9. The molecule has 26 heavy (non-hydrogen) atoms. The van der Waals surface area contributed by atoms with Gasteiger partial charge in [0.1, 0.15) is 17.9 Å². The van der Waals surface area contributed by atoms with Crippen LogP contribution in [0.25, 0.3) is 0 Å². The molecule has 0 amide bonds. The molecular weight excluding hydrogens is 348 g/mol. The van der Waals surface area contributed by atoms with Gasteiger partial charge in [0.25, 0.3) is 6.29 Å². The SMILES string of the molecule is COc1ccc2c(c1O)[C@]1(O)/C(=C/O[C@H]3C=C(O)C(=O)O3)C(=O)O[C@@H]1C2.